The number of hydrogen-bond donors (Lipinski definition) is 1. The van der Waals surface area contributed by atoms with Gasteiger partial charge in [0.05, 0.1) is 22.1 Å². The fourth-order valence-corrected chi connectivity index (χ4v) is 3.31. The Morgan fingerprint density at radius 3 is 2.59 bits per heavy atom. The molecule has 0 radical (unpaired) electrons. The molecule has 0 spiro atoms. The van der Waals surface area contributed by atoms with Crippen molar-refractivity contribution in [3.05, 3.63) is 57.9 Å². The number of nitrogens with one attached hydrogen (secondary N) is 1. The first-order valence-corrected chi connectivity index (χ1v) is 10.00. The number of non-ortho nitro benzene ring substituents is 1. The number of sulfone groups is 1. The third-order valence-electron chi connectivity index (χ3n) is 4.06. The summed E-state index contributed by atoms with van der Waals surface area (Å²) < 4.78 is 42.5. The summed E-state index contributed by atoms with van der Waals surface area (Å²) in [5, 5.41) is 13.3. The largest absolute Gasteiger partial charge is 0.447 e. The van der Waals surface area contributed by atoms with Gasteiger partial charge in [-0.25, -0.2) is 17.6 Å². The van der Waals surface area contributed by atoms with Crippen LogP contribution in [0.25, 0.3) is 0 Å². The number of hydrogen-bond acceptors (Lipinski definition) is 7. The molecule has 2 aromatic rings. The van der Waals surface area contributed by atoms with Crippen molar-refractivity contribution in [3.8, 4) is 0 Å². The number of carbonyl (C=O) groups is 2. The van der Waals surface area contributed by atoms with Crippen molar-refractivity contribution >= 4 is 38.9 Å². The minimum Gasteiger partial charge on any atom is -0.447 e. The SMILES string of the molecule is CS(=O)(=O)c1cc(C(=O)Nc2cc(N3CCOC3=O)ccc2F)cc([N+](=O)[O-])c1. The summed E-state index contributed by atoms with van der Waals surface area (Å²) in [5.74, 6) is -1.78. The van der Waals surface area contributed by atoms with Gasteiger partial charge in [0.1, 0.15) is 12.4 Å². The number of nitrogens with zero attached hydrogens (tertiary/aromatic N) is 2. The molecular weight excluding hydrogens is 409 g/mol. The average molecular weight is 423 g/mol. The molecule has 3 rings (SSSR count). The van der Waals surface area contributed by atoms with Gasteiger partial charge in [0.15, 0.2) is 9.84 Å². The molecule has 1 heterocycles. The van der Waals surface area contributed by atoms with E-state index in [1.807, 2.05) is 0 Å². The highest BCUT2D eigenvalue weighted by Crippen LogP contribution is 2.26. The highest BCUT2D eigenvalue weighted by Gasteiger charge is 2.25. The van der Waals surface area contributed by atoms with E-state index in [4.69, 9.17) is 4.74 Å². The quantitative estimate of drug-likeness (QED) is 0.576. The van der Waals surface area contributed by atoms with Crippen molar-refractivity contribution in [2.75, 3.05) is 29.6 Å². The van der Waals surface area contributed by atoms with E-state index in [2.05, 4.69) is 5.32 Å². The Morgan fingerprint density at radius 1 is 1.28 bits per heavy atom. The van der Waals surface area contributed by atoms with E-state index in [9.17, 15) is 32.5 Å². The van der Waals surface area contributed by atoms with E-state index in [0.717, 1.165) is 30.5 Å². The number of amides is 2. The number of cyclic esters (lactones) is 1. The zero-order valence-corrected chi connectivity index (χ0v) is 15.7. The average Bonchev–Trinajstić information content (AvgIpc) is 3.08. The normalized spacial score (nSPS) is 13.9. The van der Waals surface area contributed by atoms with Crippen LogP contribution < -0.4 is 10.2 Å². The first-order chi connectivity index (χ1) is 13.6. The third-order valence-corrected chi connectivity index (χ3v) is 5.16. The molecule has 2 aromatic carbocycles. The third kappa shape index (κ3) is 4.32. The van der Waals surface area contributed by atoms with Gasteiger partial charge in [-0.1, -0.05) is 0 Å². The van der Waals surface area contributed by atoms with E-state index in [-0.39, 0.29) is 30.1 Å². The fraction of sp³-hybridized carbons (Fsp3) is 0.176. The van der Waals surface area contributed by atoms with Crippen LogP contribution in [0.15, 0.2) is 41.3 Å². The lowest BCUT2D eigenvalue weighted by molar-refractivity contribution is -0.385. The van der Waals surface area contributed by atoms with Gasteiger partial charge in [-0.2, -0.15) is 0 Å². The smallest absolute Gasteiger partial charge is 0.414 e. The van der Waals surface area contributed by atoms with Crippen molar-refractivity contribution in [2.45, 2.75) is 4.90 Å². The van der Waals surface area contributed by atoms with Crippen LogP contribution in [-0.2, 0) is 14.6 Å². The summed E-state index contributed by atoms with van der Waals surface area (Å²) in [6.45, 7) is 0.417. The first-order valence-electron chi connectivity index (χ1n) is 8.11. The minimum atomic E-state index is -3.84. The number of ether oxygens (including phenoxy) is 1. The summed E-state index contributed by atoms with van der Waals surface area (Å²) in [6.07, 6.45) is 0.219. The second-order valence-electron chi connectivity index (χ2n) is 6.13. The highest BCUT2D eigenvalue weighted by atomic mass is 32.2. The summed E-state index contributed by atoms with van der Waals surface area (Å²) in [5.41, 5.74) is -0.961. The lowest BCUT2D eigenvalue weighted by Crippen LogP contribution is -2.23. The standard InChI is InChI=1S/C17H14FN3O7S/c1-29(26,27)13-7-10(6-12(8-13)21(24)25)16(22)19-15-9-11(2-3-14(15)18)20-4-5-28-17(20)23/h2-3,6-9H,4-5H2,1H3,(H,19,22). The van der Waals surface area contributed by atoms with Crippen LogP contribution >= 0.6 is 0 Å². The molecule has 1 aliphatic heterocycles. The maximum absolute atomic E-state index is 14.2. The number of nitro groups is 1. The maximum atomic E-state index is 14.2. The Bertz CT molecular complexity index is 1130. The molecule has 0 bridgehead atoms. The van der Waals surface area contributed by atoms with E-state index < -0.39 is 43.2 Å². The van der Waals surface area contributed by atoms with Crippen molar-refractivity contribution in [3.63, 3.8) is 0 Å². The molecule has 2 amide bonds. The van der Waals surface area contributed by atoms with Gasteiger partial charge in [-0.15, -0.1) is 0 Å². The maximum Gasteiger partial charge on any atom is 0.414 e. The van der Waals surface area contributed by atoms with Crippen LogP contribution in [0.1, 0.15) is 10.4 Å². The molecule has 29 heavy (non-hydrogen) atoms. The predicted octanol–water partition coefficient (Wildman–Crippen LogP) is 2.35. The van der Waals surface area contributed by atoms with Gasteiger partial charge in [-0.05, 0) is 24.3 Å². The molecule has 0 saturated carbocycles. The van der Waals surface area contributed by atoms with Crippen molar-refractivity contribution in [1.29, 1.82) is 0 Å². The van der Waals surface area contributed by atoms with Gasteiger partial charge >= 0.3 is 6.09 Å². The second-order valence-corrected chi connectivity index (χ2v) is 8.14. The molecule has 0 aliphatic carbocycles. The molecule has 1 aliphatic rings. The monoisotopic (exact) mass is 423 g/mol. The Labute approximate surface area is 163 Å². The molecule has 1 fully saturated rings. The molecule has 12 heteroatoms. The summed E-state index contributed by atoms with van der Waals surface area (Å²) in [6, 6.07) is 6.22. The Balaban J connectivity index is 1.95. The van der Waals surface area contributed by atoms with Gasteiger partial charge < -0.3 is 10.1 Å². The molecule has 152 valence electrons. The zero-order valence-electron chi connectivity index (χ0n) is 14.9. The number of benzene rings is 2. The molecule has 1 saturated heterocycles. The number of anilines is 2. The molecule has 0 unspecified atom stereocenters. The lowest BCUT2D eigenvalue weighted by atomic mass is 10.1. The van der Waals surface area contributed by atoms with E-state index in [1.165, 1.54) is 17.0 Å². The van der Waals surface area contributed by atoms with Crippen molar-refractivity contribution < 1.29 is 32.1 Å². The lowest BCUT2D eigenvalue weighted by Gasteiger charge is -2.15. The number of rotatable bonds is 5. The van der Waals surface area contributed by atoms with Gasteiger partial charge in [-0.3, -0.25) is 19.8 Å². The second kappa shape index (κ2) is 7.47. The Morgan fingerprint density at radius 2 is 2.00 bits per heavy atom. The first kappa shape index (κ1) is 20.2. The van der Waals surface area contributed by atoms with Crippen LogP contribution in [0.2, 0.25) is 0 Å². The van der Waals surface area contributed by atoms with Crippen LogP contribution in [-0.4, -0.2) is 44.7 Å². The number of nitro benzene ring substituents is 1. The van der Waals surface area contributed by atoms with Crippen LogP contribution in [0.5, 0.6) is 0 Å². The molecule has 0 aromatic heterocycles. The molecule has 1 N–H and O–H groups in total. The van der Waals surface area contributed by atoms with Gasteiger partial charge in [0.25, 0.3) is 11.6 Å². The van der Waals surface area contributed by atoms with Crippen LogP contribution in [0.4, 0.5) is 26.2 Å². The predicted molar refractivity (Wildman–Crippen MR) is 99.3 cm³/mol. The molecule has 10 nitrogen and oxygen atoms in total. The van der Waals surface area contributed by atoms with Crippen LogP contribution in [0.3, 0.4) is 0 Å². The number of carbonyl (C=O) groups excluding carboxylic acids is 2. The Kier molecular flexibility index (Phi) is 5.20. The zero-order chi connectivity index (χ0) is 21.3. The van der Waals surface area contributed by atoms with E-state index in [0.29, 0.717) is 0 Å². The van der Waals surface area contributed by atoms with E-state index >= 15 is 0 Å². The minimum absolute atomic E-state index is 0.167. The van der Waals surface area contributed by atoms with Gasteiger partial charge in [0.2, 0.25) is 0 Å². The van der Waals surface area contributed by atoms with E-state index in [1.54, 1.807) is 0 Å². The summed E-state index contributed by atoms with van der Waals surface area (Å²) >= 11 is 0. The van der Waals surface area contributed by atoms with Crippen LogP contribution in [0, 0.1) is 15.9 Å². The number of halogens is 1. The van der Waals surface area contributed by atoms with Crippen molar-refractivity contribution in [2.24, 2.45) is 0 Å². The van der Waals surface area contributed by atoms with Gasteiger partial charge in [0, 0.05) is 29.6 Å². The summed E-state index contributed by atoms with van der Waals surface area (Å²) in [7, 11) is -3.84. The topological polar surface area (TPSA) is 136 Å². The summed E-state index contributed by atoms with van der Waals surface area (Å²) in [4.78, 5) is 35.2. The fourth-order valence-electron chi connectivity index (χ4n) is 2.63. The Hall–Kier alpha value is -3.54. The van der Waals surface area contributed by atoms with Crippen molar-refractivity contribution in [1.82, 2.24) is 0 Å². The molecule has 0 atom stereocenters. The molecular formula is C17H14FN3O7S. The highest BCUT2D eigenvalue weighted by molar-refractivity contribution is 7.90.